The first kappa shape index (κ1) is 19.4. The van der Waals surface area contributed by atoms with Gasteiger partial charge in [-0.2, -0.15) is 0 Å². The van der Waals surface area contributed by atoms with Crippen molar-refractivity contribution < 1.29 is 0 Å². The van der Waals surface area contributed by atoms with Crippen LogP contribution in [0.2, 0.25) is 10.0 Å². The SMILES string of the molecule is Clc1c2ccccc2c(-c2ccccc2)c2c(Cl)c3ccccc3c(-c3ccccc3)c12. The minimum Gasteiger partial charge on any atom is -0.0830 e. The van der Waals surface area contributed by atoms with Crippen LogP contribution in [-0.2, 0) is 0 Å². The Morgan fingerprint density at radius 3 is 1.03 bits per heavy atom. The zero-order valence-electron chi connectivity index (χ0n) is 17.1. The molecular weight excluding hydrogens is 431 g/mol. The summed E-state index contributed by atoms with van der Waals surface area (Å²) in [6.07, 6.45) is 0. The first-order valence-corrected chi connectivity index (χ1v) is 11.4. The van der Waals surface area contributed by atoms with Gasteiger partial charge in [-0.15, -0.1) is 0 Å². The summed E-state index contributed by atoms with van der Waals surface area (Å²) in [5.41, 5.74) is 4.49. The molecule has 0 N–H and O–H groups in total. The van der Waals surface area contributed by atoms with Gasteiger partial charge in [-0.25, -0.2) is 0 Å². The molecule has 0 fully saturated rings. The molecule has 6 rings (SSSR count). The third-order valence-electron chi connectivity index (χ3n) is 6.18. The molecule has 0 unspecified atom stereocenters. The van der Waals surface area contributed by atoms with Gasteiger partial charge in [-0.05, 0) is 33.0 Å². The first-order valence-electron chi connectivity index (χ1n) is 10.6. The van der Waals surface area contributed by atoms with Crippen molar-refractivity contribution in [2.75, 3.05) is 0 Å². The average molecular weight is 449 g/mol. The molecule has 0 saturated carbocycles. The summed E-state index contributed by atoms with van der Waals surface area (Å²) in [7, 11) is 0. The lowest BCUT2D eigenvalue weighted by atomic mass is 9.85. The third kappa shape index (κ3) is 2.84. The normalized spacial score (nSPS) is 11.4. The van der Waals surface area contributed by atoms with Gasteiger partial charge in [0.1, 0.15) is 0 Å². The zero-order valence-corrected chi connectivity index (χ0v) is 18.7. The molecule has 0 aliphatic rings. The van der Waals surface area contributed by atoms with E-state index in [9.17, 15) is 0 Å². The predicted molar refractivity (Wildman–Crippen MR) is 140 cm³/mol. The monoisotopic (exact) mass is 448 g/mol. The van der Waals surface area contributed by atoms with Crippen molar-refractivity contribution in [1.29, 1.82) is 0 Å². The van der Waals surface area contributed by atoms with E-state index in [-0.39, 0.29) is 0 Å². The molecule has 0 bridgehead atoms. The highest BCUT2D eigenvalue weighted by atomic mass is 35.5. The lowest BCUT2D eigenvalue weighted by Gasteiger charge is -2.21. The van der Waals surface area contributed by atoms with E-state index in [1.807, 2.05) is 24.3 Å². The predicted octanol–water partition coefficient (Wildman–Crippen LogP) is 9.79. The van der Waals surface area contributed by atoms with Crippen LogP contribution in [0.15, 0.2) is 109 Å². The molecule has 0 amide bonds. The number of hydrogen-bond donors (Lipinski definition) is 0. The Kier molecular flexibility index (Phi) is 4.64. The Morgan fingerprint density at radius 1 is 0.344 bits per heavy atom. The average Bonchev–Trinajstić information content (AvgIpc) is 2.86. The van der Waals surface area contributed by atoms with Gasteiger partial charge < -0.3 is 0 Å². The maximum Gasteiger partial charge on any atom is 0.0570 e. The molecule has 0 aromatic heterocycles. The summed E-state index contributed by atoms with van der Waals surface area (Å²) in [5, 5.41) is 7.75. The maximum atomic E-state index is 7.20. The van der Waals surface area contributed by atoms with Crippen LogP contribution in [0.1, 0.15) is 0 Å². The number of fused-ring (bicyclic) bond motifs is 3. The highest BCUT2D eigenvalue weighted by Gasteiger charge is 2.22. The van der Waals surface area contributed by atoms with E-state index >= 15 is 0 Å². The van der Waals surface area contributed by atoms with Crippen molar-refractivity contribution in [1.82, 2.24) is 0 Å². The van der Waals surface area contributed by atoms with Gasteiger partial charge in [0.2, 0.25) is 0 Å². The summed E-state index contributed by atoms with van der Waals surface area (Å²) < 4.78 is 0. The Morgan fingerprint density at radius 2 is 0.656 bits per heavy atom. The van der Waals surface area contributed by atoms with Crippen LogP contribution < -0.4 is 0 Å². The highest BCUT2D eigenvalue weighted by Crippen LogP contribution is 2.51. The van der Waals surface area contributed by atoms with E-state index in [0.717, 1.165) is 64.6 Å². The van der Waals surface area contributed by atoms with E-state index in [1.54, 1.807) is 0 Å². The first-order chi connectivity index (χ1) is 15.8. The molecule has 0 nitrogen and oxygen atoms in total. The second-order valence-electron chi connectivity index (χ2n) is 7.95. The van der Waals surface area contributed by atoms with Crippen molar-refractivity contribution in [2.24, 2.45) is 0 Å². The molecule has 6 aromatic carbocycles. The molecule has 0 atom stereocenters. The molecule has 0 heterocycles. The quantitative estimate of drug-likeness (QED) is 0.231. The number of hydrogen-bond acceptors (Lipinski definition) is 0. The van der Waals surface area contributed by atoms with Crippen LogP contribution in [0.25, 0.3) is 54.6 Å². The van der Waals surface area contributed by atoms with E-state index in [4.69, 9.17) is 23.2 Å². The van der Waals surface area contributed by atoms with E-state index < -0.39 is 0 Å². The van der Waals surface area contributed by atoms with Gasteiger partial charge in [-0.1, -0.05) is 132 Å². The minimum absolute atomic E-state index is 0.738. The highest BCUT2D eigenvalue weighted by molar-refractivity contribution is 6.50. The van der Waals surface area contributed by atoms with Crippen LogP contribution >= 0.6 is 23.2 Å². The molecule has 0 spiro atoms. The fraction of sp³-hybridized carbons (Fsp3) is 0. The topological polar surface area (TPSA) is 0 Å². The van der Waals surface area contributed by atoms with Gasteiger partial charge in [0.05, 0.1) is 10.0 Å². The van der Waals surface area contributed by atoms with Crippen molar-refractivity contribution in [3.63, 3.8) is 0 Å². The Bertz CT molecular complexity index is 1490. The van der Waals surface area contributed by atoms with Gasteiger partial charge in [0.15, 0.2) is 0 Å². The standard InChI is InChI=1S/C30H18Cl2/c31-29-24-18-10-8-16-22(24)26(20-13-5-2-6-14-20)28-27(29)25(19-11-3-1-4-12-19)21-15-7-9-17-23(21)30(28)32/h1-18H. The second kappa shape index (κ2) is 7.67. The molecule has 32 heavy (non-hydrogen) atoms. The Labute approximate surface area is 196 Å². The fourth-order valence-electron chi connectivity index (χ4n) is 4.82. The number of rotatable bonds is 2. The van der Waals surface area contributed by atoms with Gasteiger partial charge in [-0.3, -0.25) is 0 Å². The van der Waals surface area contributed by atoms with Crippen LogP contribution in [0.5, 0.6) is 0 Å². The Balaban J connectivity index is 1.98. The van der Waals surface area contributed by atoms with Crippen LogP contribution in [0.3, 0.4) is 0 Å². The van der Waals surface area contributed by atoms with E-state index in [0.29, 0.717) is 0 Å². The lowest BCUT2D eigenvalue weighted by molar-refractivity contribution is 1.66. The van der Waals surface area contributed by atoms with Crippen molar-refractivity contribution >= 4 is 55.5 Å². The van der Waals surface area contributed by atoms with E-state index in [1.165, 1.54) is 0 Å². The van der Waals surface area contributed by atoms with Gasteiger partial charge in [0, 0.05) is 21.5 Å². The minimum atomic E-state index is 0.738. The lowest BCUT2D eigenvalue weighted by Crippen LogP contribution is -1.93. The summed E-state index contributed by atoms with van der Waals surface area (Å²) in [5.74, 6) is 0. The van der Waals surface area contributed by atoms with Crippen molar-refractivity contribution in [2.45, 2.75) is 0 Å². The summed E-state index contributed by atoms with van der Waals surface area (Å²) in [6.45, 7) is 0. The summed E-state index contributed by atoms with van der Waals surface area (Å²) >= 11 is 14.4. The fourth-order valence-corrected chi connectivity index (χ4v) is 5.53. The van der Waals surface area contributed by atoms with Crippen LogP contribution in [-0.4, -0.2) is 0 Å². The van der Waals surface area contributed by atoms with Crippen LogP contribution in [0.4, 0.5) is 0 Å². The summed E-state index contributed by atoms with van der Waals surface area (Å²) in [4.78, 5) is 0. The van der Waals surface area contributed by atoms with Crippen molar-refractivity contribution in [3.8, 4) is 22.3 Å². The maximum absolute atomic E-state index is 7.20. The summed E-state index contributed by atoms with van der Waals surface area (Å²) in [6, 6.07) is 37.6. The van der Waals surface area contributed by atoms with E-state index in [2.05, 4.69) is 84.9 Å². The zero-order chi connectivity index (χ0) is 21.7. The second-order valence-corrected chi connectivity index (χ2v) is 8.71. The van der Waals surface area contributed by atoms with Gasteiger partial charge >= 0.3 is 0 Å². The molecule has 0 saturated heterocycles. The number of halogens is 2. The Hall–Kier alpha value is -3.32. The number of benzene rings is 6. The molecule has 0 aliphatic carbocycles. The smallest absolute Gasteiger partial charge is 0.0570 e. The molecule has 0 aliphatic heterocycles. The molecule has 152 valence electrons. The van der Waals surface area contributed by atoms with Crippen molar-refractivity contribution in [3.05, 3.63) is 119 Å². The third-order valence-corrected chi connectivity index (χ3v) is 6.96. The molecule has 6 aromatic rings. The van der Waals surface area contributed by atoms with Gasteiger partial charge in [0.25, 0.3) is 0 Å². The molecular formula is C30H18Cl2. The molecule has 0 radical (unpaired) electrons. The molecule has 2 heteroatoms. The van der Waals surface area contributed by atoms with Crippen LogP contribution in [0, 0.1) is 0 Å². The largest absolute Gasteiger partial charge is 0.0830 e.